The number of rotatable bonds is 6. The second-order valence-electron chi connectivity index (χ2n) is 15.7. The van der Waals surface area contributed by atoms with Crippen LogP contribution in [0.2, 0.25) is 0 Å². The molecule has 330 valence electrons. The van der Waals surface area contributed by atoms with Crippen LogP contribution in [0.3, 0.4) is 0 Å². The van der Waals surface area contributed by atoms with Crippen LogP contribution >= 0.6 is 0 Å². The quantitative estimate of drug-likeness (QED) is 0.0975. The summed E-state index contributed by atoms with van der Waals surface area (Å²) in [5.41, 5.74) is 3.08. The van der Waals surface area contributed by atoms with Crippen molar-refractivity contribution in [1.29, 1.82) is 0 Å². The molecule has 10 rings (SSSR count). The Balaban J connectivity index is 0.000000164. The molecular formula is C49H40F6N8O2. The second kappa shape index (κ2) is 18.1. The van der Waals surface area contributed by atoms with Crippen LogP contribution in [-0.2, 0) is 0 Å². The van der Waals surface area contributed by atoms with Gasteiger partial charge in [-0.2, -0.15) is 9.46 Å². The van der Waals surface area contributed by atoms with Gasteiger partial charge in [-0.25, -0.2) is 36.3 Å². The van der Waals surface area contributed by atoms with E-state index in [-0.39, 0.29) is 22.3 Å². The van der Waals surface area contributed by atoms with Crippen LogP contribution in [0.25, 0.3) is 66.6 Å². The number of anilines is 2. The summed E-state index contributed by atoms with van der Waals surface area (Å²) in [6.07, 6.45) is 2.52. The number of aryl methyl sites for hydroxylation is 1. The van der Waals surface area contributed by atoms with Gasteiger partial charge < -0.3 is 30.8 Å². The van der Waals surface area contributed by atoms with Crippen molar-refractivity contribution >= 4 is 33.4 Å². The van der Waals surface area contributed by atoms with Gasteiger partial charge >= 0.3 is 0 Å². The smallest absolute Gasteiger partial charge is 0.256 e. The highest BCUT2D eigenvalue weighted by molar-refractivity contribution is 6.02. The maximum absolute atomic E-state index is 14.9. The molecule has 0 unspecified atom stereocenters. The lowest BCUT2D eigenvalue weighted by atomic mass is 9.97. The molecule has 65 heavy (non-hydrogen) atoms. The van der Waals surface area contributed by atoms with Crippen LogP contribution in [-0.4, -0.2) is 62.3 Å². The van der Waals surface area contributed by atoms with Crippen molar-refractivity contribution in [3.8, 4) is 44.8 Å². The first-order valence-corrected chi connectivity index (χ1v) is 20.9. The summed E-state index contributed by atoms with van der Waals surface area (Å²) in [6, 6.07) is 24.2. The molecule has 0 bridgehead atoms. The number of pyridine rings is 4. The first kappa shape index (κ1) is 43.0. The van der Waals surface area contributed by atoms with Crippen molar-refractivity contribution < 1.29 is 35.8 Å². The van der Waals surface area contributed by atoms with Crippen molar-refractivity contribution in [3.05, 3.63) is 166 Å². The Kier molecular flexibility index (Phi) is 11.9. The van der Waals surface area contributed by atoms with E-state index < -0.39 is 40.5 Å². The zero-order chi connectivity index (χ0) is 45.4. The third-order valence-electron chi connectivity index (χ3n) is 11.7. The summed E-state index contributed by atoms with van der Waals surface area (Å²) in [6.45, 7) is 7.60. The highest BCUT2D eigenvalue weighted by Crippen LogP contribution is 2.39. The lowest BCUT2D eigenvalue weighted by molar-refractivity contribution is -0.592. The van der Waals surface area contributed by atoms with Crippen molar-refractivity contribution in [2.75, 3.05) is 62.2 Å². The maximum Gasteiger partial charge on any atom is 0.256 e. The Morgan fingerprint density at radius 2 is 0.954 bits per heavy atom. The van der Waals surface area contributed by atoms with E-state index in [2.05, 4.69) is 20.5 Å². The van der Waals surface area contributed by atoms with Crippen LogP contribution in [0.5, 0.6) is 0 Å². The predicted molar refractivity (Wildman–Crippen MR) is 238 cm³/mol. The Morgan fingerprint density at radius 3 is 1.43 bits per heavy atom. The van der Waals surface area contributed by atoms with Crippen LogP contribution < -0.4 is 29.9 Å². The van der Waals surface area contributed by atoms with E-state index >= 15 is 0 Å². The number of hydrogen-bond donors (Lipinski definition) is 2. The Bertz CT molecular complexity index is 3090. The number of halogens is 6. The van der Waals surface area contributed by atoms with E-state index in [9.17, 15) is 36.8 Å². The molecule has 0 atom stereocenters. The molecule has 4 aromatic heterocycles. The van der Waals surface area contributed by atoms with Gasteiger partial charge in [0, 0.05) is 98.5 Å². The molecule has 2 aliphatic heterocycles. The van der Waals surface area contributed by atoms with Crippen LogP contribution in [0.15, 0.2) is 116 Å². The molecule has 4 aromatic carbocycles. The SMILES string of the molecule is Cc1ccccc1-c1c2nc(N3CCNCC3)cc(-c3ccc(F)cc3F)c2cc[n+]1[O-].[O-][n+]1ccc2c(-c3ccc(F)cc3F)cc(N3CCNCC3)nc2c1-c1c(F)cccc1F. The molecule has 0 saturated carbocycles. The van der Waals surface area contributed by atoms with Crippen molar-refractivity contribution in [3.63, 3.8) is 0 Å². The minimum Gasteiger partial charge on any atom is -0.618 e. The maximum atomic E-state index is 14.9. The molecule has 2 saturated heterocycles. The predicted octanol–water partition coefficient (Wildman–Crippen LogP) is 8.37. The van der Waals surface area contributed by atoms with E-state index in [1.807, 2.05) is 42.2 Å². The van der Waals surface area contributed by atoms with E-state index in [4.69, 9.17) is 4.98 Å². The molecule has 10 nitrogen and oxygen atoms in total. The van der Waals surface area contributed by atoms with Gasteiger partial charge in [0.2, 0.25) is 0 Å². The van der Waals surface area contributed by atoms with E-state index in [0.717, 1.165) is 78.6 Å². The van der Waals surface area contributed by atoms with E-state index in [1.165, 1.54) is 36.5 Å². The molecule has 0 aliphatic carbocycles. The molecule has 0 amide bonds. The van der Waals surface area contributed by atoms with Gasteiger partial charge in [0.05, 0.1) is 5.56 Å². The summed E-state index contributed by atoms with van der Waals surface area (Å²) in [4.78, 5) is 13.5. The fraction of sp³-hybridized carbons (Fsp3) is 0.184. The number of nitrogens with zero attached hydrogens (tertiary/aromatic N) is 6. The molecular weight excluding hydrogens is 847 g/mol. The van der Waals surface area contributed by atoms with E-state index in [1.54, 1.807) is 12.1 Å². The molecule has 16 heteroatoms. The highest BCUT2D eigenvalue weighted by Gasteiger charge is 2.28. The fourth-order valence-electron chi connectivity index (χ4n) is 8.43. The number of nitrogens with one attached hydrogen (secondary N) is 2. The Morgan fingerprint density at radius 1 is 0.492 bits per heavy atom. The Labute approximate surface area is 369 Å². The fourth-order valence-corrected chi connectivity index (χ4v) is 8.43. The third-order valence-corrected chi connectivity index (χ3v) is 11.7. The zero-order valence-corrected chi connectivity index (χ0v) is 34.9. The molecule has 2 aliphatic rings. The normalized spacial score (nSPS) is 14.1. The molecule has 0 spiro atoms. The summed E-state index contributed by atoms with van der Waals surface area (Å²) >= 11 is 0. The average molecular weight is 887 g/mol. The van der Waals surface area contributed by atoms with Crippen molar-refractivity contribution in [1.82, 2.24) is 20.6 Å². The molecule has 0 radical (unpaired) electrons. The van der Waals surface area contributed by atoms with Crippen LogP contribution in [0.4, 0.5) is 38.0 Å². The molecule has 2 fully saturated rings. The summed E-state index contributed by atoms with van der Waals surface area (Å²) < 4.78 is 87.4. The monoisotopic (exact) mass is 886 g/mol. The third kappa shape index (κ3) is 8.45. The van der Waals surface area contributed by atoms with Crippen molar-refractivity contribution in [2.45, 2.75) is 6.92 Å². The van der Waals surface area contributed by atoms with Gasteiger partial charge in [-0.1, -0.05) is 24.3 Å². The van der Waals surface area contributed by atoms with Crippen molar-refractivity contribution in [2.24, 2.45) is 0 Å². The first-order chi connectivity index (χ1) is 31.5. The second-order valence-corrected chi connectivity index (χ2v) is 15.7. The van der Waals surface area contributed by atoms with Gasteiger partial charge in [-0.15, -0.1) is 0 Å². The number of benzene rings is 4. The topological polar surface area (TPSA) is 110 Å². The van der Waals surface area contributed by atoms with Gasteiger partial charge in [0.25, 0.3) is 11.4 Å². The van der Waals surface area contributed by atoms with Crippen LogP contribution in [0, 0.1) is 52.2 Å². The number of fused-ring (bicyclic) bond motifs is 2. The summed E-state index contributed by atoms with van der Waals surface area (Å²) in [5, 5.41) is 33.2. The number of hydrogen-bond acceptors (Lipinski definition) is 8. The molecule has 8 aromatic rings. The van der Waals surface area contributed by atoms with Gasteiger partial charge in [-0.05, 0) is 78.2 Å². The summed E-state index contributed by atoms with van der Waals surface area (Å²) in [7, 11) is 0. The van der Waals surface area contributed by atoms with Gasteiger partial charge in [-0.3, -0.25) is 0 Å². The van der Waals surface area contributed by atoms with Gasteiger partial charge in [0.1, 0.15) is 63.1 Å². The first-order valence-electron chi connectivity index (χ1n) is 20.9. The van der Waals surface area contributed by atoms with E-state index in [0.29, 0.717) is 75.7 Å². The number of piperazine rings is 2. The zero-order valence-electron chi connectivity index (χ0n) is 34.9. The molecule has 2 N–H and O–H groups in total. The highest BCUT2D eigenvalue weighted by atomic mass is 19.2. The number of aromatic nitrogens is 4. The van der Waals surface area contributed by atoms with Gasteiger partial charge in [0.15, 0.2) is 12.4 Å². The lowest BCUT2D eigenvalue weighted by Gasteiger charge is -2.29. The Hall–Kier alpha value is -7.30. The lowest BCUT2D eigenvalue weighted by Crippen LogP contribution is -2.44. The minimum absolute atomic E-state index is 0.0197. The molecule has 6 heterocycles. The standard InChI is InChI=1S/C25H22F2N4O.C24H18F4N4O/c1-16-4-2-3-5-18(16)25-24-20(8-11-31(25)32)21(19-7-6-17(26)14-22(19)27)15-23(29-24)30-12-9-28-10-13-30;25-14-4-5-15(20(28)12-14)17-13-21(31-10-7-29-8-11-31)30-23-16(17)6-9-32(33)24(23)22-18(26)2-1-3-19(22)27/h2-8,11,14-15,28H,9-10,12-13H2,1H3;1-6,9,12-13,29H,7-8,10-11H2. The average Bonchev–Trinajstić information content (AvgIpc) is 3.30. The minimum atomic E-state index is -0.920. The van der Waals surface area contributed by atoms with Crippen LogP contribution in [0.1, 0.15) is 5.56 Å². The summed E-state index contributed by atoms with van der Waals surface area (Å²) in [5.74, 6) is -3.57. The largest absolute Gasteiger partial charge is 0.618 e.